The zero-order valence-electron chi connectivity index (χ0n) is 11.4. The van der Waals surface area contributed by atoms with Gasteiger partial charge in [-0.25, -0.2) is 8.78 Å². The van der Waals surface area contributed by atoms with Gasteiger partial charge in [0.1, 0.15) is 0 Å². The third-order valence-electron chi connectivity index (χ3n) is 4.47. The summed E-state index contributed by atoms with van der Waals surface area (Å²) in [6, 6.07) is 0.335. The Morgan fingerprint density at radius 3 is 2.32 bits per heavy atom. The SMILES string of the molecule is NCCCN(C(=O)C1CCC(F)(F)CC1)C1CCC1. The molecule has 2 rings (SSSR count). The van der Waals surface area contributed by atoms with Crippen molar-refractivity contribution in [3.8, 4) is 0 Å². The Hall–Kier alpha value is -0.710. The lowest BCUT2D eigenvalue weighted by Crippen LogP contribution is -2.48. The lowest BCUT2D eigenvalue weighted by atomic mass is 9.84. The second-order valence-corrected chi connectivity index (χ2v) is 5.89. The molecule has 2 N–H and O–H groups in total. The maximum atomic E-state index is 13.1. The zero-order chi connectivity index (χ0) is 13.9. The van der Waals surface area contributed by atoms with Gasteiger partial charge in [0.25, 0.3) is 0 Å². The molecule has 19 heavy (non-hydrogen) atoms. The summed E-state index contributed by atoms with van der Waals surface area (Å²) >= 11 is 0. The lowest BCUT2D eigenvalue weighted by molar-refractivity contribution is -0.143. The first kappa shape index (κ1) is 14.7. The van der Waals surface area contributed by atoms with Crippen LogP contribution in [-0.4, -0.2) is 35.9 Å². The molecule has 0 atom stereocenters. The highest BCUT2D eigenvalue weighted by molar-refractivity contribution is 5.79. The van der Waals surface area contributed by atoms with Gasteiger partial charge in [-0.05, 0) is 45.1 Å². The van der Waals surface area contributed by atoms with Crippen LogP contribution in [0.25, 0.3) is 0 Å². The van der Waals surface area contributed by atoms with Gasteiger partial charge in [0.2, 0.25) is 11.8 Å². The van der Waals surface area contributed by atoms with Gasteiger partial charge in [0.15, 0.2) is 0 Å². The summed E-state index contributed by atoms with van der Waals surface area (Å²) < 4.78 is 26.3. The number of hydrogen-bond donors (Lipinski definition) is 1. The minimum Gasteiger partial charge on any atom is -0.339 e. The fourth-order valence-electron chi connectivity index (χ4n) is 2.95. The molecule has 0 aromatic heterocycles. The number of rotatable bonds is 5. The van der Waals surface area contributed by atoms with Gasteiger partial charge >= 0.3 is 0 Å². The normalized spacial score (nSPS) is 23.9. The molecule has 0 saturated heterocycles. The van der Waals surface area contributed by atoms with Gasteiger partial charge in [-0.3, -0.25) is 4.79 Å². The van der Waals surface area contributed by atoms with Crippen LogP contribution in [0.2, 0.25) is 0 Å². The van der Waals surface area contributed by atoms with Crippen molar-refractivity contribution in [2.24, 2.45) is 11.7 Å². The molecule has 5 heteroatoms. The minimum atomic E-state index is -2.56. The fourth-order valence-corrected chi connectivity index (χ4v) is 2.95. The molecule has 0 unspecified atom stereocenters. The molecule has 2 aliphatic rings. The number of carbonyl (C=O) groups excluding carboxylic acids is 1. The largest absolute Gasteiger partial charge is 0.339 e. The Morgan fingerprint density at radius 2 is 1.84 bits per heavy atom. The number of amides is 1. The molecule has 0 radical (unpaired) electrons. The third-order valence-corrected chi connectivity index (χ3v) is 4.47. The Labute approximate surface area is 113 Å². The van der Waals surface area contributed by atoms with Gasteiger partial charge in [-0.15, -0.1) is 0 Å². The molecule has 0 bridgehead atoms. The summed E-state index contributed by atoms with van der Waals surface area (Å²) in [6.07, 6.45) is 4.45. The number of alkyl halides is 2. The smallest absolute Gasteiger partial charge is 0.248 e. The summed E-state index contributed by atoms with van der Waals surface area (Å²) in [4.78, 5) is 14.4. The topological polar surface area (TPSA) is 46.3 Å². The van der Waals surface area contributed by atoms with Crippen LogP contribution < -0.4 is 5.73 Å². The first-order valence-electron chi connectivity index (χ1n) is 7.42. The van der Waals surface area contributed by atoms with Crippen LogP contribution in [0.15, 0.2) is 0 Å². The first-order chi connectivity index (χ1) is 9.03. The summed E-state index contributed by atoms with van der Waals surface area (Å²) in [5, 5.41) is 0. The highest BCUT2D eigenvalue weighted by Gasteiger charge is 2.40. The van der Waals surface area contributed by atoms with Gasteiger partial charge in [-0.1, -0.05) is 0 Å². The Kier molecular flexibility index (Phi) is 4.76. The van der Waals surface area contributed by atoms with E-state index in [0.29, 0.717) is 32.0 Å². The quantitative estimate of drug-likeness (QED) is 0.837. The molecule has 3 nitrogen and oxygen atoms in total. The highest BCUT2D eigenvalue weighted by Crippen LogP contribution is 2.38. The van der Waals surface area contributed by atoms with Crippen molar-refractivity contribution in [2.45, 2.75) is 63.3 Å². The molecule has 2 fully saturated rings. The van der Waals surface area contributed by atoms with E-state index < -0.39 is 5.92 Å². The number of halogens is 2. The summed E-state index contributed by atoms with van der Waals surface area (Å²) in [5.74, 6) is -2.67. The summed E-state index contributed by atoms with van der Waals surface area (Å²) in [7, 11) is 0. The molecule has 0 aliphatic heterocycles. The van der Waals surface area contributed by atoms with Crippen LogP contribution in [-0.2, 0) is 4.79 Å². The van der Waals surface area contributed by atoms with Crippen LogP contribution in [0, 0.1) is 5.92 Å². The molecule has 2 saturated carbocycles. The Morgan fingerprint density at radius 1 is 1.21 bits per heavy atom. The van der Waals surface area contributed by atoms with Crippen molar-refractivity contribution in [1.82, 2.24) is 4.90 Å². The van der Waals surface area contributed by atoms with E-state index in [1.165, 1.54) is 6.42 Å². The second kappa shape index (κ2) is 6.16. The molecule has 2 aliphatic carbocycles. The van der Waals surface area contributed by atoms with Crippen molar-refractivity contribution in [3.63, 3.8) is 0 Å². The Balaban J connectivity index is 1.91. The van der Waals surface area contributed by atoms with Crippen LogP contribution in [0.5, 0.6) is 0 Å². The molecular formula is C14H24F2N2O. The number of carbonyl (C=O) groups is 1. The number of hydrogen-bond acceptors (Lipinski definition) is 2. The monoisotopic (exact) mass is 274 g/mol. The molecule has 0 aromatic carbocycles. The van der Waals surface area contributed by atoms with Gasteiger partial charge in [-0.2, -0.15) is 0 Å². The van der Waals surface area contributed by atoms with Gasteiger partial charge in [0.05, 0.1) is 0 Å². The van der Waals surface area contributed by atoms with Crippen molar-refractivity contribution in [3.05, 3.63) is 0 Å². The molecular weight excluding hydrogens is 250 g/mol. The summed E-state index contributed by atoms with van der Waals surface area (Å²) in [5.41, 5.74) is 5.51. The maximum Gasteiger partial charge on any atom is 0.248 e. The second-order valence-electron chi connectivity index (χ2n) is 5.89. The van der Waals surface area contributed by atoms with Crippen LogP contribution >= 0.6 is 0 Å². The number of nitrogens with zero attached hydrogens (tertiary/aromatic N) is 1. The van der Waals surface area contributed by atoms with E-state index in [1.807, 2.05) is 4.90 Å². The minimum absolute atomic E-state index is 0.0913. The summed E-state index contributed by atoms with van der Waals surface area (Å²) in [6.45, 7) is 1.26. The van der Waals surface area contributed by atoms with Crippen molar-refractivity contribution < 1.29 is 13.6 Å². The van der Waals surface area contributed by atoms with Crippen LogP contribution in [0.3, 0.4) is 0 Å². The first-order valence-corrected chi connectivity index (χ1v) is 7.42. The highest BCUT2D eigenvalue weighted by atomic mass is 19.3. The third kappa shape index (κ3) is 3.65. The molecule has 0 heterocycles. The van der Waals surface area contributed by atoms with Crippen molar-refractivity contribution in [2.75, 3.05) is 13.1 Å². The molecule has 110 valence electrons. The van der Waals surface area contributed by atoms with Crippen LogP contribution in [0.4, 0.5) is 8.78 Å². The average molecular weight is 274 g/mol. The van der Waals surface area contributed by atoms with Gasteiger partial charge < -0.3 is 10.6 Å². The van der Waals surface area contributed by atoms with E-state index in [2.05, 4.69) is 0 Å². The predicted molar refractivity (Wildman–Crippen MR) is 69.9 cm³/mol. The standard InChI is InChI=1S/C14H24F2N2O/c15-14(16)7-5-11(6-8-14)13(19)18(10-2-9-17)12-3-1-4-12/h11-12H,1-10,17H2. The van der Waals surface area contributed by atoms with Gasteiger partial charge in [0, 0.05) is 31.3 Å². The zero-order valence-corrected chi connectivity index (χ0v) is 11.4. The average Bonchev–Trinajstić information content (AvgIpc) is 2.31. The van der Waals surface area contributed by atoms with E-state index in [9.17, 15) is 13.6 Å². The molecule has 0 aromatic rings. The van der Waals surface area contributed by atoms with Crippen molar-refractivity contribution in [1.29, 1.82) is 0 Å². The maximum absolute atomic E-state index is 13.1. The van der Waals surface area contributed by atoms with E-state index in [4.69, 9.17) is 5.73 Å². The molecule has 1 amide bonds. The predicted octanol–water partition coefficient (Wildman–Crippen LogP) is 2.54. The van der Waals surface area contributed by atoms with E-state index in [-0.39, 0.29) is 24.7 Å². The molecule has 0 spiro atoms. The number of nitrogens with two attached hydrogens (primary N) is 1. The van der Waals surface area contributed by atoms with E-state index >= 15 is 0 Å². The Bertz CT molecular complexity index is 309. The fraction of sp³-hybridized carbons (Fsp3) is 0.929. The van der Waals surface area contributed by atoms with E-state index in [0.717, 1.165) is 19.3 Å². The van der Waals surface area contributed by atoms with Crippen LogP contribution in [0.1, 0.15) is 51.4 Å². The van der Waals surface area contributed by atoms with E-state index in [1.54, 1.807) is 0 Å². The lowest BCUT2D eigenvalue weighted by Gasteiger charge is -2.40. The van der Waals surface area contributed by atoms with Crippen molar-refractivity contribution >= 4 is 5.91 Å².